The lowest BCUT2D eigenvalue weighted by Gasteiger charge is -2.14. The van der Waals surface area contributed by atoms with Crippen LogP contribution in [0.4, 0.5) is 5.69 Å². The van der Waals surface area contributed by atoms with Gasteiger partial charge in [-0.2, -0.15) is 5.10 Å². The van der Waals surface area contributed by atoms with E-state index in [4.69, 9.17) is 0 Å². The Labute approximate surface area is 112 Å². The molecule has 2 rings (SSSR count). The Morgan fingerprint density at radius 1 is 1.42 bits per heavy atom. The summed E-state index contributed by atoms with van der Waals surface area (Å²) in [4.78, 5) is 12.3. The molecule has 3 N–H and O–H groups in total. The molecule has 0 saturated carbocycles. The van der Waals surface area contributed by atoms with Crippen molar-refractivity contribution in [1.82, 2.24) is 15.5 Å². The van der Waals surface area contributed by atoms with Gasteiger partial charge in [0.1, 0.15) is 0 Å². The average Bonchev–Trinajstić information content (AvgIpc) is 2.92. The smallest absolute Gasteiger partial charge is 0.253 e. The molecular weight excluding hydrogens is 240 g/mol. The number of hydrogen-bond donors (Lipinski definition) is 3. The summed E-state index contributed by atoms with van der Waals surface area (Å²) in [5.74, 6) is -0.0990. The molecule has 0 saturated heterocycles. The molecule has 0 aliphatic heterocycles. The molecule has 0 bridgehead atoms. The number of carbonyl (C=O) groups excluding carboxylic acids is 1. The number of aromatic nitrogens is 2. The molecule has 0 radical (unpaired) electrons. The van der Waals surface area contributed by atoms with E-state index in [9.17, 15) is 4.79 Å². The van der Waals surface area contributed by atoms with Crippen molar-refractivity contribution in [3.8, 4) is 0 Å². The van der Waals surface area contributed by atoms with Gasteiger partial charge in [-0.15, -0.1) is 0 Å². The summed E-state index contributed by atoms with van der Waals surface area (Å²) in [5.41, 5.74) is 3.54. The van der Waals surface area contributed by atoms with Crippen molar-refractivity contribution in [3.63, 3.8) is 0 Å². The number of nitrogens with one attached hydrogen (secondary N) is 3. The average molecular weight is 258 g/mol. The van der Waals surface area contributed by atoms with Crippen LogP contribution >= 0.6 is 0 Å². The first-order valence-electron chi connectivity index (χ1n) is 6.19. The zero-order valence-electron chi connectivity index (χ0n) is 11.3. The number of anilines is 1. The van der Waals surface area contributed by atoms with Gasteiger partial charge in [0.2, 0.25) is 0 Å². The maximum absolute atomic E-state index is 12.3. The third-order valence-corrected chi connectivity index (χ3v) is 3.06. The minimum Gasteiger partial charge on any atom is -0.387 e. The van der Waals surface area contributed by atoms with Crippen LogP contribution < -0.4 is 10.6 Å². The fourth-order valence-electron chi connectivity index (χ4n) is 1.92. The molecule has 19 heavy (non-hydrogen) atoms. The minimum atomic E-state index is -0.0990. The summed E-state index contributed by atoms with van der Waals surface area (Å²) in [5, 5.41) is 12.6. The molecule has 0 fully saturated rings. The number of H-pyrrole nitrogens is 1. The molecule has 0 aliphatic carbocycles. The van der Waals surface area contributed by atoms with Crippen LogP contribution in [0.3, 0.4) is 0 Å². The van der Waals surface area contributed by atoms with E-state index in [-0.39, 0.29) is 11.9 Å². The van der Waals surface area contributed by atoms with Crippen LogP contribution in [-0.4, -0.2) is 23.2 Å². The molecule has 2 aromatic rings. The first kappa shape index (κ1) is 13.1. The van der Waals surface area contributed by atoms with Crippen molar-refractivity contribution < 1.29 is 4.79 Å². The summed E-state index contributed by atoms with van der Waals surface area (Å²) in [7, 11) is 1.81. The van der Waals surface area contributed by atoms with Crippen molar-refractivity contribution in [1.29, 1.82) is 0 Å². The number of aromatic amines is 1. The number of aryl methyl sites for hydroxylation is 1. The van der Waals surface area contributed by atoms with Gasteiger partial charge in [0.25, 0.3) is 5.91 Å². The van der Waals surface area contributed by atoms with E-state index in [1.165, 1.54) is 0 Å². The van der Waals surface area contributed by atoms with Gasteiger partial charge in [-0.1, -0.05) is 6.07 Å². The Kier molecular flexibility index (Phi) is 3.85. The number of rotatable bonds is 4. The van der Waals surface area contributed by atoms with Gasteiger partial charge >= 0.3 is 0 Å². The van der Waals surface area contributed by atoms with Gasteiger partial charge in [-0.3, -0.25) is 9.89 Å². The van der Waals surface area contributed by atoms with Gasteiger partial charge in [-0.05, 0) is 31.5 Å². The first-order valence-corrected chi connectivity index (χ1v) is 6.19. The maximum atomic E-state index is 12.3. The summed E-state index contributed by atoms with van der Waals surface area (Å²) in [6.07, 6.45) is 3.48. The van der Waals surface area contributed by atoms with Crippen molar-refractivity contribution >= 4 is 11.6 Å². The molecule has 1 heterocycles. The Balaban J connectivity index is 2.16. The molecule has 1 atom stereocenters. The normalized spacial score (nSPS) is 11.9. The molecule has 100 valence electrons. The summed E-state index contributed by atoms with van der Waals surface area (Å²) >= 11 is 0. The highest BCUT2D eigenvalue weighted by molar-refractivity contribution is 5.99. The minimum absolute atomic E-state index is 0.0859. The summed E-state index contributed by atoms with van der Waals surface area (Å²) < 4.78 is 0. The summed E-state index contributed by atoms with van der Waals surface area (Å²) in [6.45, 7) is 3.92. The van der Waals surface area contributed by atoms with Crippen LogP contribution in [0.1, 0.15) is 34.5 Å². The SMILES string of the molecule is CNc1cc(C)ccc1C(=O)NC(C)c1cn[nH]c1. The highest BCUT2D eigenvalue weighted by Gasteiger charge is 2.14. The van der Waals surface area contributed by atoms with E-state index in [1.807, 2.05) is 39.1 Å². The van der Waals surface area contributed by atoms with Crippen LogP contribution in [0.2, 0.25) is 0 Å². The van der Waals surface area contributed by atoms with Crippen molar-refractivity contribution in [2.24, 2.45) is 0 Å². The highest BCUT2D eigenvalue weighted by Crippen LogP contribution is 2.18. The van der Waals surface area contributed by atoms with Gasteiger partial charge in [0.15, 0.2) is 0 Å². The number of benzene rings is 1. The molecule has 5 heteroatoms. The van der Waals surface area contributed by atoms with Crippen LogP contribution in [0, 0.1) is 6.92 Å². The van der Waals surface area contributed by atoms with Gasteiger partial charge < -0.3 is 10.6 Å². The molecular formula is C14H18N4O. The third kappa shape index (κ3) is 2.93. The number of carbonyl (C=O) groups is 1. The molecule has 0 spiro atoms. The second-order valence-electron chi connectivity index (χ2n) is 4.53. The zero-order chi connectivity index (χ0) is 13.8. The molecule has 5 nitrogen and oxygen atoms in total. The summed E-state index contributed by atoms with van der Waals surface area (Å²) in [6, 6.07) is 5.63. The number of hydrogen-bond acceptors (Lipinski definition) is 3. The van der Waals surface area contributed by atoms with E-state index in [2.05, 4.69) is 20.8 Å². The molecule has 1 unspecified atom stereocenters. The third-order valence-electron chi connectivity index (χ3n) is 3.06. The lowest BCUT2D eigenvalue weighted by Crippen LogP contribution is -2.27. The van der Waals surface area contributed by atoms with Crippen molar-refractivity contribution in [2.45, 2.75) is 19.9 Å². The van der Waals surface area contributed by atoms with E-state index < -0.39 is 0 Å². The molecule has 0 aliphatic rings. The van der Waals surface area contributed by atoms with E-state index in [0.717, 1.165) is 16.8 Å². The van der Waals surface area contributed by atoms with Crippen LogP contribution in [0.5, 0.6) is 0 Å². The number of nitrogens with zero attached hydrogens (tertiary/aromatic N) is 1. The van der Waals surface area contributed by atoms with Crippen molar-refractivity contribution in [2.75, 3.05) is 12.4 Å². The predicted octanol–water partition coefficient (Wildman–Crippen LogP) is 2.25. The molecule has 1 amide bonds. The lowest BCUT2D eigenvalue weighted by atomic mass is 10.1. The second-order valence-corrected chi connectivity index (χ2v) is 4.53. The topological polar surface area (TPSA) is 69.8 Å². The van der Waals surface area contributed by atoms with Crippen LogP contribution in [0.15, 0.2) is 30.6 Å². The second kappa shape index (κ2) is 5.56. The van der Waals surface area contributed by atoms with Gasteiger partial charge in [0.05, 0.1) is 17.8 Å². The Hall–Kier alpha value is -2.30. The molecule has 1 aromatic carbocycles. The number of amides is 1. The van der Waals surface area contributed by atoms with Crippen LogP contribution in [-0.2, 0) is 0 Å². The standard InChI is InChI=1S/C14H18N4O/c1-9-4-5-12(13(6-9)15-3)14(19)18-10(2)11-7-16-17-8-11/h4-8,10,15H,1-3H3,(H,16,17)(H,18,19). The van der Waals surface area contributed by atoms with E-state index >= 15 is 0 Å². The maximum Gasteiger partial charge on any atom is 0.253 e. The first-order chi connectivity index (χ1) is 9.11. The van der Waals surface area contributed by atoms with E-state index in [1.54, 1.807) is 12.4 Å². The Morgan fingerprint density at radius 2 is 2.21 bits per heavy atom. The zero-order valence-corrected chi connectivity index (χ0v) is 11.3. The van der Waals surface area contributed by atoms with Gasteiger partial charge in [-0.25, -0.2) is 0 Å². The monoisotopic (exact) mass is 258 g/mol. The fraction of sp³-hybridized carbons (Fsp3) is 0.286. The molecule has 1 aromatic heterocycles. The lowest BCUT2D eigenvalue weighted by molar-refractivity contribution is 0.0940. The van der Waals surface area contributed by atoms with Crippen molar-refractivity contribution in [3.05, 3.63) is 47.3 Å². The van der Waals surface area contributed by atoms with E-state index in [0.29, 0.717) is 5.56 Å². The highest BCUT2D eigenvalue weighted by atomic mass is 16.1. The Bertz CT molecular complexity index is 563. The fourth-order valence-corrected chi connectivity index (χ4v) is 1.92. The largest absolute Gasteiger partial charge is 0.387 e. The van der Waals surface area contributed by atoms with Gasteiger partial charge in [0, 0.05) is 24.5 Å². The Morgan fingerprint density at radius 3 is 2.84 bits per heavy atom. The van der Waals surface area contributed by atoms with Crippen LogP contribution in [0.25, 0.3) is 0 Å². The predicted molar refractivity (Wildman–Crippen MR) is 75.2 cm³/mol. The quantitative estimate of drug-likeness (QED) is 0.787.